The second-order valence-electron chi connectivity index (χ2n) is 6.17. The van der Waals surface area contributed by atoms with Gasteiger partial charge in [0.2, 0.25) is 0 Å². The number of aryl methyl sites for hydroxylation is 1. The number of rotatable bonds is 8. The summed E-state index contributed by atoms with van der Waals surface area (Å²) in [5.74, 6) is 3.39. The molecule has 1 unspecified atom stereocenters. The van der Waals surface area contributed by atoms with Crippen LogP contribution in [0.3, 0.4) is 0 Å². The largest absolute Gasteiger partial charge is 0.378 e. The van der Waals surface area contributed by atoms with Crippen LogP contribution in [0.15, 0.2) is 4.99 Å². The second-order valence-corrected chi connectivity index (χ2v) is 6.17. The fourth-order valence-corrected chi connectivity index (χ4v) is 2.88. The third-order valence-electron chi connectivity index (χ3n) is 4.17. The summed E-state index contributed by atoms with van der Waals surface area (Å²) < 4.78 is 7.96. The lowest BCUT2D eigenvalue weighted by Crippen LogP contribution is -2.39. The van der Waals surface area contributed by atoms with E-state index in [1.807, 2.05) is 6.92 Å². The minimum absolute atomic E-state index is 0. The summed E-state index contributed by atoms with van der Waals surface area (Å²) in [6.07, 6.45) is 3.45. The molecule has 0 amide bonds. The number of hydrogen-bond acceptors (Lipinski definition) is 4. The molecule has 0 bridgehead atoms. The Morgan fingerprint density at radius 1 is 1.33 bits per heavy atom. The van der Waals surface area contributed by atoms with Crippen LogP contribution in [0.25, 0.3) is 0 Å². The average Bonchev–Trinajstić information content (AvgIpc) is 3.13. The Balaban J connectivity index is 0.00000288. The zero-order valence-electron chi connectivity index (χ0n) is 15.2. The number of nitrogens with zero attached hydrogens (tertiary/aromatic N) is 4. The van der Waals surface area contributed by atoms with E-state index < -0.39 is 0 Å². The van der Waals surface area contributed by atoms with Crippen LogP contribution in [0, 0.1) is 5.92 Å². The molecular weight excluding hydrogens is 419 g/mol. The lowest BCUT2D eigenvalue weighted by atomic mass is 10.0. The maximum Gasteiger partial charge on any atom is 0.191 e. The average molecular weight is 450 g/mol. The molecule has 0 aromatic carbocycles. The number of ether oxygens (including phenoxy) is 1. The van der Waals surface area contributed by atoms with Crippen molar-refractivity contribution >= 4 is 29.9 Å². The van der Waals surface area contributed by atoms with E-state index in [1.165, 1.54) is 6.42 Å². The third-order valence-corrected chi connectivity index (χ3v) is 4.17. The summed E-state index contributed by atoms with van der Waals surface area (Å²) >= 11 is 0. The first-order chi connectivity index (χ1) is 11.2. The number of guanidine groups is 1. The van der Waals surface area contributed by atoms with E-state index in [-0.39, 0.29) is 30.1 Å². The van der Waals surface area contributed by atoms with Gasteiger partial charge in [-0.15, -0.1) is 34.2 Å². The predicted molar refractivity (Wildman–Crippen MR) is 107 cm³/mol. The number of fused-ring (bicyclic) bond motifs is 1. The molecule has 0 aliphatic carbocycles. The Morgan fingerprint density at radius 2 is 2.12 bits per heavy atom. The first-order valence-corrected chi connectivity index (χ1v) is 8.62. The molecule has 138 valence electrons. The van der Waals surface area contributed by atoms with E-state index >= 15 is 0 Å². The van der Waals surface area contributed by atoms with Crippen molar-refractivity contribution in [2.24, 2.45) is 10.9 Å². The van der Waals surface area contributed by atoms with Gasteiger partial charge >= 0.3 is 0 Å². The Labute approximate surface area is 162 Å². The molecule has 0 fully saturated rings. The van der Waals surface area contributed by atoms with Gasteiger partial charge in [-0.2, -0.15) is 0 Å². The molecule has 0 spiro atoms. The Morgan fingerprint density at radius 3 is 2.79 bits per heavy atom. The number of nitrogens with one attached hydrogen (secondary N) is 2. The fourth-order valence-electron chi connectivity index (χ4n) is 2.88. The van der Waals surface area contributed by atoms with Crippen molar-refractivity contribution in [1.82, 2.24) is 25.4 Å². The predicted octanol–water partition coefficient (Wildman–Crippen LogP) is 1.96. The molecule has 1 atom stereocenters. The van der Waals surface area contributed by atoms with Crippen LogP contribution in [0.4, 0.5) is 0 Å². The van der Waals surface area contributed by atoms with Crippen molar-refractivity contribution in [2.45, 2.75) is 59.2 Å². The van der Waals surface area contributed by atoms with Crippen LogP contribution in [-0.4, -0.2) is 47.0 Å². The number of hydrogen-bond donors (Lipinski definition) is 2. The monoisotopic (exact) mass is 450 g/mol. The van der Waals surface area contributed by atoms with Crippen LogP contribution in [-0.2, 0) is 24.2 Å². The van der Waals surface area contributed by atoms with Crippen LogP contribution >= 0.6 is 24.0 Å². The quantitative estimate of drug-likeness (QED) is 0.360. The lowest BCUT2D eigenvalue weighted by Gasteiger charge is -2.21. The third kappa shape index (κ3) is 5.87. The molecule has 8 heteroatoms. The minimum Gasteiger partial charge on any atom is -0.378 e. The standard InChI is InChI=1S/C16H30N6O.HI/c1-5-23-13(12(2)3)8-9-18-16(17-4)19-11-15-21-20-14-7-6-10-22(14)15;/h12-13H,5-11H2,1-4H3,(H2,17,18,19);1H. The van der Waals surface area contributed by atoms with Gasteiger partial charge in [0, 0.05) is 33.2 Å². The summed E-state index contributed by atoms with van der Waals surface area (Å²) in [6, 6.07) is 0. The van der Waals surface area contributed by atoms with E-state index in [9.17, 15) is 0 Å². The Hall–Kier alpha value is -0.900. The summed E-state index contributed by atoms with van der Waals surface area (Å²) in [5, 5.41) is 15.1. The van der Waals surface area contributed by atoms with Crippen molar-refractivity contribution < 1.29 is 4.74 Å². The van der Waals surface area contributed by atoms with Crippen molar-refractivity contribution in [1.29, 1.82) is 0 Å². The van der Waals surface area contributed by atoms with Crippen LogP contribution in [0.5, 0.6) is 0 Å². The molecule has 1 aliphatic heterocycles. The van der Waals surface area contributed by atoms with Gasteiger partial charge in [0.1, 0.15) is 5.82 Å². The van der Waals surface area contributed by atoms with E-state index in [4.69, 9.17) is 4.74 Å². The molecule has 24 heavy (non-hydrogen) atoms. The summed E-state index contributed by atoms with van der Waals surface area (Å²) in [7, 11) is 1.78. The molecule has 1 aliphatic rings. The molecule has 1 aromatic heterocycles. The van der Waals surface area contributed by atoms with Gasteiger partial charge in [0.05, 0.1) is 12.6 Å². The molecule has 7 nitrogen and oxygen atoms in total. The lowest BCUT2D eigenvalue weighted by molar-refractivity contribution is 0.0258. The number of halogens is 1. The van der Waals surface area contributed by atoms with E-state index in [2.05, 4.69) is 44.2 Å². The Bertz CT molecular complexity index is 517. The Kier molecular flexibility index (Phi) is 9.57. The van der Waals surface area contributed by atoms with Crippen molar-refractivity contribution in [3.05, 3.63) is 11.6 Å². The normalized spacial score (nSPS) is 15.1. The molecule has 0 saturated heterocycles. The highest BCUT2D eigenvalue weighted by Crippen LogP contribution is 2.13. The van der Waals surface area contributed by atoms with Gasteiger partial charge in [0.15, 0.2) is 11.8 Å². The van der Waals surface area contributed by atoms with Crippen molar-refractivity contribution in [3.8, 4) is 0 Å². The molecule has 2 heterocycles. The molecule has 0 saturated carbocycles. The summed E-state index contributed by atoms with van der Waals surface area (Å²) in [5.41, 5.74) is 0. The molecule has 2 N–H and O–H groups in total. The van der Waals surface area contributed by atoms with E-state index in [1.54, 1.807) is 7.05 Å². The molecule has 1 aromatic rings. The topological polar surface area (TPSA) is 76.4 Å². The molecule has 2 rings (SSSR count). The smallest absolute Gasteiger partial charge is 0.191 e. The summed E-state index contributed by atoms with van der Waals surface area (Å²) in [6.45, 7) is 9.69. The zero-order chi connectivity index (χ0) is 16.7. The first-order valence-electron chi connectivity index (χ1n) is 8.62. The number of aromatic nitrogens is 3. The highest BCUT2D eigenvalue weighted by atomic mass is 127. The van der Waals surface area contributed by atoms with Crippen LogP contribution in [0.2, 0.25) is 0 Å². The van der Waals surface area contributed by atoms with Gasteiger partial charge in [-0.3, -0.25) is 4.99 Å². The van der Waals surface area contributed by atoms with Gasteiger partial charge in [-0.05, 0) is 25.7 Å². The zero-order valence-corrected chi connectivity index (χ0v) is 17.5. The van der Waals surface area contributed by atoms with E-state index in [0.717, 1.165) is 50.1 Å². The van der Waals surface area contributed by atoms with Gasteiger partial charge in [-0.25, -0.2) is 0 Å². The first kappa shape index (κ1) is 21.1. The summed E-state index contributed by atoms with van der Waals surface area (Å²) in [4.78, 5) is 4.26. The van der Waals surface area contributed by atoms with E-state index in [0.29, 0.717) is 12.5 Å². The minimum atomic E-state index is 0. The SMILES string of the molecule is CCOC(CCNC(=NC)NCc1nnc2n1CCC2)C(C)C.I. The van der Waals surface area contributed by atoms with Crippen molar-refractivity contribution in [3.63, 3.8) is 0 Å². The number of aliphatic imine (C=N–C) groups is 1. The maximum atomic E-state index is 5.77. The fraction of sp³-hybridized carbons (Fsp3) is 0.812. The second kappa shape index (κ2) is 10.9. The highest BCUT2D eigenvalue weighted by molar-refractivity contribution is 14.0. The highest BCUT2D eigenvalue weighted by Gasteiger charge is 2.17. The van der Waals surface area contributed by atoms with Gasteiger partial charge in [-0.1, -0.05) is 13.8 Å². The van der Waals surface area contributed by atoms with Gasteiger partial charge in [0.25, 0.3) is 0 Å². The van der Waals surface area contributed by atoms with Crippen LogP contribution in [0.1, 0.15) is 45.3 Å². The molecular formula is C16H31IN6O. The van der Waals surface area contributed by atoms with Gasteiger partial charge < -0.3 is 19.9 Å². The molecule has 0 radical (unpaired) electrons. The van der Waals surface area contributed by atoms with Crippen LogP contribution < -0.4 is 10.6 Å². The maximum absolute atomic E-state index is 5.77. The van der Waals surface area contributed by atoms with Crippen molar-refractivity contribution in [2.75, 3.05) is 20.2 Å².